The van der Waals surface area contributed by atoms with Crippen LogP contribution < -0.4 is 5.32 Å². The number of benzene rings is 1. The third-order valence-electron chi connectivity index (χ3n) is 4.06. The van der Waals surface area contributed by atoms with Crippen LogP contribution in [0.1, 0.15) is 31.2 Å². The molecular formula is C16H21Cl2NO3S. The molecule has 0 aliphatic carbocycles. The van der Waals surface area contributed by atoms with Crippen LogP contribution in [0.25, 0.3) is 0 Å². The van der Waals surface area contributed by atoms with Gasteiger partial charge in [-0.15, -0.1) is 0 Å². The molecule has 1 aliphatic rings. The molecule has 7 heteroatoms. The van der Waals surface area contributed by atoms with Crippen LogP contribution in [0.4, 0.5) is 0 Å². The summed E-state index contributed by atoms with van der Waals surface area (Å²) in [5.41, 5.74) is 0.978. The van der Waals surface area contributed by atoms with E-state index in [1.54, 1.807) is 12.1 Å². The van der Waals surface area contributed by atoms with Crippen molar-refractivity contribution in [3.63, 3.8) is 0 Å². The number of sulfone groups is 1. The summed E-state index contributed by atoms with van der Waals surface area (Å²) in [6.07, 6.45) is 3.44. The summed E-state index contributed by atoms with van der Waals surface area (Å²) in [4.78, 5) is 11.8. The van der Waals surface area contributed by atoms with Gasteiger partial charge >= 0.3 is 0 Å². The molecule has 1 atom stereocenters. The number of amides is 1. The number of halogens is 2. The molecule has 2 rings (SSSR count). The Morgan fingerprint density at radius 1 is 1.26 bits per heavy atom. The maximum Gasteiger partial charge on any atom is 0.220 e. The van der Waals surface area contributed by atoms with Crippen molar-refractivity contribution >= 4 is 38.9 Å². The van der Waals surface area contributed by atoms with Crippen molar-refractivity contribution in [2.75, 3.05) is 18.1 Å². The van der Waals surface area contributed by atoms with Gasteiger partial charge in [-0.25, -0.2) is 8.42 Å². The lowest BCUT2D eigenvalue weighted by molar-refractivity contribution is -0.121. The van der Waals surface area contributed by atoms with Crippen molar-refractivity contribution in [2.45, 2.75) is 32.1 Å². The second-order valence-electron chi connectivity index (χ2n) is 6.01. The second-order valence-corrected chi connectivity index (χ2v) is 9.05. The number of hydrogen-bond donors (Lipinski definition) is 1. The van der Waals surface area contributed by atoms with Crippen LogP contribution in [0.2, 0.25) is 10.0 Å². The molecule has 1 heterocycles. The Labute approximate surface area is 147 Å². The van der Waals surface area contributed by atoms with Crippen LogP contribution in [-0.2, 0) is 21.1 Å². The Kier molecular flexibility index (Phi) is 6.74. The zero-order chi connectivity index (χ0) is 16.9. The Balaban J connectivity index is 1.61. The number of carbonyl (C=O) groups excluding carboxylic acids is 1. The molecule has 1 amide bonds. The van der Waals surface area contributed by atoms with Gasteiger partial charge in [0.05, 0.1) is 21.6 Å². The van der Waals surface area contributed by atoms with E-state index in [1.807, 2.05) is 6.07 Å². The summed E-state index contributed by atoms with van der Waals surface area (Å²) < 4.78 is 22.7. The molecule has 23 heavy (non-hydrogen) atoms. The van der Waals surface area contributed by atoms with E-state index in [2.05, 4.69) is 5.32 Å². The highest BCUT2D eigenvalue weighted by Crippen LogP contribution is 2.23. The molecule has 0 spiro atoms. The second kappa shape index (κ2) is 8.36. The first-order valence-corrected chi connectivity index (χ1v) is 10.3. The summed E-state index contributed by atoms with van der Waals surface area (Å²) >= 11 is 11.8. The maximum atomic E-state index is 11.8. The summed E-state index contributed by atoms with van der Waals surface area (Å²) in [7, 11) is -2.80. The highest BCUT2D eigenvalue weighted by Gasteiger charge is 2.27. The summed E-state index contributed by atoms with van der Waals surface area (Å²) in [5.74, 6) is 0.870. The quantitative estimate of drug-likeness (QED) is 0.741. The highest BCUT2D eigenvalue weighted by molar-refractivity contribution is 7.91. The van der Waals surface area contributed by atoms with E-state index in [4.69, 9.17) is 23.2 Å². The Hall–Kier alpha value is -0.780. The fraction of sp³-hybridized carbons (Fsp3) is 0.562. The molecule has 1 saturated heterocycles. The lowest BCUT2D eigenvalue weighted by Gasteiger charge is -2.09. The van der Waals surface area contributed by atoms with E-state index in [-0.39, 0.29) is 11.8 Å². The first-order chi connectivity index (χ1) is 10.9. The van der Waals surface area contributed by atoms with Gasteiger partial charge in [-0.05, 0) is 49.3 Å². The van der Waals surface area contributed by atoms with Crippen molar-refractivity contribution in [3.05, 3.63) is 33.8 Å². The van der Waals surface area contributed by atoms with Crippen LogP contribution in [-0.4, -0.2) is 32.4 Å². The van der Waals surface area contributed by atoms with Crippen LogP contribution in [0.3, 0.4) is 0 Å². The molecule has 1 aromatic carbocycles. The Morgan fingerprint density at radius 2 is 2.04 bits per heavy atom. The van der Waals surface area contributed by atoms with Gasteiger partial charge in [0.25, 0.3) is 0 Å². The van der Waals surface area contributed by atoms with Crippen LogP contribution in [0.15, 0.2) is 18.2 Å². The van der Waals surface area contributed by atoms with E-state index in [1.165, 1.54) is 0 Å². The first-order valence-electron chi connectivity index (χ1n) is 7.77. The molecule has 4 nitrogen and oxygen atoms in total. The summed E-state index contributed by atoms with van der Waals surface area (Å²) in [5, 5.41) is 3.88. The number of nitrogens with one attached hydrogen (secondary N) is 1. The van der Waals surface area contributed by atoms with Crippen molar-refractivity contribution in [1.29, 1.82) is 0 Å². The minimum atomic E-state index is -2.80. The summed E-state index contributed by atoms with van der Waals surface area (Å²) in [6, 6.07) is 5.37. The average molecular weight is 378 g/mol. The van der Waals surface area contributed by atoms with Crippen molar-refractivity contribution in [1.82, 2.24) is 5.32 Å². The van der Waals surface area contributed by atoms with Gasteiger partial charge in [-0.1, -0.05) is 29.3 Å². The van der Waals surface area contributed by atoms with E-state index in [9.17, 15) is 13.2 Å². The zero-order valence-corrected chi connectivity index (χ0v) is 15.2. The fourth-order valence-corrected chi connectivity index (χ4v) is 4.99. The average Bonchev–Trinajstić information content (AvgIpc) is 2.84. The monoisotopic (exact) mass is 377 g/mol. The minimum Gasteiger partial charge on any atom is -0.356 e. The SMILES string of the molecule is O=C(CCc1ccc(Cl)c(Cl)c1)NCCCC1CCS(=O)(=O)C1. The molecular weight excluding hydrogens is 357 g/mol. The van der Waals surface area contributed by atoms with Gasteiger partial charge in [-0.3, -0.25) is 4.79 Å². The van der Waals surface area contributed by atoms with E-state index in [0.717, 1.165) is 24.8 Å². The Morgan fingerprint density at radius 3 is 2.70 bits per heavy atom. The number of carbonyl (C=O) groups is 1. The molecule has 0 aromatic heterocycles. The highest BCUT2D eigenvalue weighted by atomic mass is 35.5. The Bertz CT molecular complexity index is 661. The predicted octanol–water partition coefficient (Wildman–Crippen LogP) is 3.26. The van der Waals surface area contributed by atoms with Gasteiger partial charge in [0, 0.05) is 13.0 Å². The molecule has 1 aromatic rings. The third kappa shape index (κ3) is 6.32. The minimum absolute atomic E-state index is 0.00452. The molecule has 1 N–H and O–H groups in total. The summed E-state index contributed by atoms with van der Waals surface area (Å²) in [6.45, 7) is 0.594. The van der Waals surface area contributed by atoms with E-state index in [0.29, 0.717) is 40.9 Å². The smallest absolute Gasteiger partial charge is 0.220 e. The first kappa shape index (κ1) is 18.6. The largest absolute Gasteiger partial charge is 0.356 e. The third-order valence-corrected chi connectivity index (χ3v) is 6.64. The molecule has 1 unspecified atom stereocenters. The lowest BCUT2D eigenvalue weighted by Crippen LogP contribution is -2.25. The standard InChI is InChI=1S/C16H21Cl2NO3S/c17-14-5-3-12(10-15(14)18)4-6-16(20)19-8-1-2-13-7-9-23(21,22)11-13/h3,5,10,13H,1-2,4,6-9,11H2,(H,19,20). The zero-order valence-electron chi connectivity index (χ0n) is 12.9. The number of hydrogen-bond acceptors (Lipinski definition) is 3. The van der Waals surface area contributed by atoms with Crippen molar-refractivity contribution in [2.24, 2.45) is 5.92 Å². The molecule has 1 fully saturated rings. The van der Waals surface area contributed by atoms with Crippen molar-refractivity contribution in [3.8, 4) is 0 Å². The van der Waals surface area contributed by atoms with E-state index < -0.39 is 9.84 Å². The fourth-order valence-electron chi connectivity index (χ4n) is 2.76. The normalized spacial score (nSPS) is 19.7. The van der Waals surface area contributed by atoms with Gasteiger partial charge < -0.3 is 5.32 Å². The number of aryl methyl sites for hydroxylation is 1. The van der Waals surface area contributed by atoms with Gasteiger partial charge in [0.2, 0.25) is 5.91 Å². The van der Waals surface area contributed by atoms with Crippen molar-refractivity contribution < 1.29 is 13.2 Å². The lowest BCUT2D eigenvalue weighted by atomic mass is 10.0. The topological polar surface area (TPSA) is 63.2 Å². The molecule has 128 valence electrons. The molecule has 0 radical (unpaired) electrons. The molecule has 1 aliphatic heterocycles. The van der Waals surface area contributed by atoms with Crippen LogP contribution in [0.5, 0.6) is 0 Å². The number of rotatable bonds is 7. The molecule has 0 saturated carbocycles. The predicted molar refractivity (Wildman–Crippen MR) is 93.8 cm³/mol. The van der Waals surface area contributed by atoms with Crippen LogP contribution >= 0.6 is 23.2 Å². The maximum absolute atomic E-state index is 11.8. The van der Waals surface area contributed by atoms with Gasteiger partial charge in [0.1, 0.15) is 0 Å². The molecule has 0 bridgehead atoms. The van der Waals surface area contributed by atoms with Crippen LogP contribution in [0, 0.1) is 5.92 Å². The van der Waals surface area contributed by atoms with Gasteiger partial charge in [0.15, 0.2) is 9.84 Å². The van der Waals surface area contributed by atoms with Gasteiger partial charge in [-0.2, -0.15) is 0 Å². The van der Waals surface area contributed by atoms with E-state index >= 15 is 0 Å².